The number of thiocarbonyl (C=S) groups is 1. The van der Waals surface area contributed by atoms with Crippen molar-refractivity contribution in [3.05, 3.63) is 64.2 Å². The molecule has 0 spiro atoms. The number of ether oxygens (including phenoxy) is 1. The summed E-state index contributed by atoms with van der Waals surface area (Å²) in [5.74, 6) is -0.311. The van der Waals surface area contributed by atoms with Crippen molar-refractivity contribution in [2.45, 2.75) is 47.1 Å². The summed E-state index contributed by atoms with van der Waals surface area (Å²) in [5.41, 5.74) is 6.13. The predicted octanol–water partition coefficient (Wildman–Crippen LogP) is 5.23. The fourth-order valence-corrected chi connectivity index (χ4v) is 3.12. The number of aryl methyl sites for hydroxylation is 3. The average molecular weight is 385 g/mol. The van der Waals surface area contributed by atoms with E-state index in [1.54, 1.807) is 13.0 Å². The van der Waals surface area contributed by atoms with Crippen molar-refractivity contribution in [1.82, 2.24) is 5.32 Å². The lowest BCUT2D eigenvalue weighted by Crippen LogP contribution is -2.32. The van der Waals surface area contributed by atoms with Gasteiger partial charge in [0.25, 0.3) is 0 Å². The molecule has 27 heavy (non-hydrogen) atoms. The van der Waals surface area contributed by atoms with Crippen LogP contribution in [0.15, 0.2) is 36.4 Å². The highest BCUT2D eigenvalue weighted by Crippen LogP contribution is 2.21. The Balaban J connectivity index is 2.07. The number of anilines is 1. The lowest BCUT2D eigenvalue weighted by Gasteiger charge is -2.21. The Morgan fingerprint density at radius 1 is 1.04 bits per heavy atom. The van der Waals surface area contributed by atoms with Gasteiger partial charge in [-0.2, -0.15) is 0 Å². The number of hydrogen-bond acceptors (Lipinski definition) is 3. The highest BCUT2D eigenvalue weighted by molar-refractivity contribution is 7.80. The van der Waals surface area contributed by atoms with E-state index in [0.29, 0.717) is 17.3 Å². The van der Waals surface area contributed by atoms with Gasteiger partial charge in [0, 0.05) is 5.69 Å². The van der Waals surface area contributed by atoms with E-state index in [0.717, 1.165) is 17.7 Å². The number of carbonyl (C=O) groups excluding carboxylic acids is 1. The van der Waals surface area contributed by atoms with Crippen LogP contribution in [-0.2, 0) is 4.74 Å². The molecule has 1 unspecified atom stereocenters. The summed E-state index contributed by atoms with van der Waals surface area (Å²) in [5, 5.41) is 7.19. The van der Waals surface area contributed by atoms with Crippen molar-refractivity contribution in [3.63, 3.8) is 0 Å². The summed E-state index contributed by atoms with van der Waals surface area (Å²) in [4.78, 5) is 11.8. The van der Waals surface area contributed by atoms with E-state index >= 15 is 0 Å². The van der Waals surface area contributed by atoms with Crippen molar-refractivity contribution < 1.29 is 9.53 Å². The summed E-state index contributed by atoms with van der Waals surface area (Å²) in [6.45, 7) is 10.5. The van der Waals surface area contributed by atoms with Gasteiger partial charge in [0.15, 0.2) is 5.11 Å². The minimum atomic E-state index is -0.311. The lowest BCUT2D eigenvalue weighted by atomic mass is 9.99. The average Bonchev–Trinajstić information content (AvgIpc) is 2.64. The van der Waals surface area contributed by atoms with Crippen molar-refractivity contribution in [2.75, 3.05) is 11.9 Å². The van der Waals surface area contributed by atoms with Gasteiger partial charge >= 0.3 is 5.97 Å². The molecule has 4 nitrogen and oxygen atoms in total. The molecule has 2 rings (SSSR count). The van der Waals surface area contributed by atoms with Crippen molar-refractivity contribution in [3.8, 4) is 0 Å². The molecule has 0 bridgehead atoms. The van der Waals surface area contributed by atoms with E-state index in [1.165, 1.54) is 16.7 Å². The van der Waals surface area contributed by atoms with Gasteiger partial charge in [0.05, 0.1) is 18.2 Å². The van der Waals surface area contributed by atoms with Crippen LogP contribution in [-0.4, -0.2) is 17.7 Å². The van der Waals surface area contributed by atoms with Gasteiger partial charge in [-0.05, 0) is 86.8 Å². The van der Waals surface area contributed by atoms with Crippen LogP contribution in [0.2, 0.25) is 0 Å². The molecule has 0 saturated heterocycles. The standard InChI is InChI=1S/C22H28N2O2S/c1-6-19(17-9-8-14(3)15(4)12-17)23-22(27)24-20-11-10-18(13-16(20)5)21(25)26-7-2/h8-13,19H,6-7H2,1-5H3,(H2,23,24,27). The molecule has 0 saturated carbocycles. The summed E-state index contributed by atoms with van der Waals surface area (Å²) in [6.07, 6.45) is 0.922. The zero-order chi connectivity index (χ0) is 20.0. The number of benzene rings is 2. The molecule has 0 aromatic heterocycles. The number of hydrogen-bond donors (Lipinski definition) is 2. The van der Waals surface area contributed by atoms with Crippen LogP contribution in [0.4, 0.5) is 5.69 Å². The third-order valence-electron chi connectivity index (χ3n) is 4.63. The molecular weight excluding hydrogens is 356 g/mol. The highest BCUT2D eigenvalue weighted by Gasteiger charge is 2.13. The van der Waals surface area contributed by atoms with Gasteiger partial charge in [0.1, 0.15) is 0 Å². The monoisotopic (exact) mass is 384 g/mol. The highest BCUT2D eigenvalue weighted by atomic mass is 32.1. The van der Waals surface area contributed by atoms with Crippen molar-refractivity contribution in [2.24, 2.45) is 0 Å². The van der Waals surface area contributed by atoms with Gasteiger partial charge in [-0.25, -0.2) is 4.79 Å². The predicted molar refractivity (Wildman–Crippen MR) is 115 cm³/mol. The first-order chi connectivity index (χ1) is 12.8. The first-order valence-corrected chi connectivity index (χ1v) is 9.69. The van der Waals surface area contributed by atoms with E-state index in [1.807, 2.05) is 19.1 Å². The Morgan fingerprint density at radius 3 is 2.37 bits per heavy atom. The molecular formula is C22H28N2O2S. The Labute approximate surface area is 167 Å². The maximum absolute atomic E-state index is 11.8. The van der Waals surface area contributed by atoms with Gasteiger partial charge in [-0.3, -0.25) is 0 Å². The van der Waals surface area contributed by atoms with E-state index < -0.39 is 0 Å². The zero-order valence-corrected chi connectivity index (χ0v) is 17.5. The third kappa shape index (κ3) is 5.54. The molecule has 0 aliphatic rings. The topological polar surface area (TPSA) is 50.4 Å². The fraction of sp³-hybridized carbons (Fsp3) is 0.364. The van der Waals surface area contributed by atoms with Crippen LogP contribution < -0.4 is 10.6 Å². The molecule has 2 aromatic carbocycles. The smallest absolute Gasteiger partial charge is 0.338 e. The molecule has 0 aliphatic heterocycles. The van der Waals surface area contributed by atoms with Crippen LogP contribution in [0.25, 0.3) is 0 Å². The zero-order valence-electron chi connectivity index (χ0n) is 16.7. The second-order valence-electron chi connectivity index (χ2n) is 6.65. The Morgan fingerprint density at radius 2 is 1.78 bits per heavy atom. The molecule has 0 fully saturated rings. The second-order valence-corrected chi connectivity index (χ2v) is 7.06. The van der Waals surface area contributed by atoms with E-state index in [-0.39, 0.29) is 12.0 Å². The molecule has 0 heterocycles. The number of nitrogens with one attached hydrogen (secondary N) is 2. The fourth-order valence-electron chi connectivity index (χ4n) is 2.86. The largest absolute Gasteiger partial charge is 0.462 e. The molecule has 5 heteroatoms. The van der Waals surface area contributed by atoms with Gasteiger partial charge in [0.2, 0.25) is 0 Å². The van der Waals surface area contributed by atoms with Crippen LogP contribution >= 0.6 is 12.2 Å². The number of carbonyl (C=O) groups is 1. The molecule has 144 valence electrons. The van der Waals surface area contributed by atoms with E-state index in [2.05, 4.69) is 49.6 Å². The molecule has 0 aliphatic carbocycles. The molecule has 2 N–H and O–H groups in total. The Bertz CT molecular complexity index is 833. The van der Waals surface area contributed by atoms with Gasteiger partial charge < -0.3 is 15.4 Å². The normalized spacial score (nSPS) is 11.6. The third-order valence-corrected chi connectivity index (χ3v) is 4.85. The molecule has 0 amide bonds. The SMILES string of the molecule is CCOC(=O)c1ccc(NC(=S)NC(CC)c2ccc(C)c(C)c2)c(C)c1. The summed E-state index contributed by atoms with van der Waals surface area (Å²) >= 11 is 5.51. The van der Waals surface area contributed by atoms with Crippen LogP contribution in [0.3, 0.4) is 0 Å². The van der Waals surface area contributed by atoms with Gasteiger partial charge in [-0.15, -0.1) is 0 Å². The number of rotatable bonds is 6. The van der Waals surface area contributed by atoms with Crippen LogP contribution in [0.5, 0.6) is 0 Å². The Hall–Kier alpha value is -2.40. The molecule has 1 atom stereocenters. The summed E-state index contributed by atoms with van der Waals surface area (Å²) in [6, 6.07) is 12.0. The first-order valence-electron chi connectivity index (χ1n) is 9.28. The van der Waals surface area contributed by atoms with Crippen LogP contribution in [0, 0.1) is 20.8 Å². The van der Waals surface area contributed by atoms with E-state index in [4.69, 9.17) is 17.0 Å². The Kier molecular flexibility index (Phi) is 7.36. The maximum Gasteiger partial charge on any atom is 0.338 e. The summed E-state index contributed by atoms with van der Waals surface area (Å²) < 4.78 is 5.04. The van der Waals surface area contributed by atoms with Crippen molar-refractivity contribution in [1.29, 1.82) is 0 Å². The quantitative estimate of drug-likeness (QED) is 0.528. The molecule has 0 radical (unpaired) electrons. The second kappa shape index (κ2) is 9.51. The van der Waals surface area contributed by atoms with Crippen molar-refractivity contribution >= 4 is 29.0 Å². The minimum Gasteiger partial charge on any atom is -0.462 e. The van der Waals surface area contributed by atoms with E-state index in [9.17, 15) is 4.79 Å². The summed E-state index contributed by atoms with van der Waals surface area (Å²) in [7, 11) is 0. The maximum atomic E-state index is 11.8. The van der Waals surface area contributed by atoms with Crippen LogP contribution in [0.1, 0.15) is 58.9 Å². The first kappa shape index (κ1) is 20.9. The number of esters is 1. The molecule has 2 aromatic rings. The minimum absolute atomic E-state index is 0.142. The lowest BCUT2D eigenvalue weighted by molar-refractivity contribution is 0.0526. The van der Waals surface area contributed by atoms with Gasteiger partial charge in [-0.1, -0.05) is 25.1 Å².